The number of unbranched alkanes of at least 4 members (excludes halogenated alkanes) is 6. The first-order valence-electron chi connectivity index (χ1n) is 11.1. The monoisotopic (exact) mass is 431 g/mol. The molecule has 0 aromatic rings. The highest BCUT2D eigenvalue weighted by molar-refractivity contribution is 6.03. The minimum absolute atomic E-state index is 0.117. The summed E-state index contributed by atoms with van der Waals surface area (Å²) in [4.78, 5) is 27.3. The summed E-state index contributed by atoms with van der Waals surface area (Å²) in [7, 11) is 0. The maximum Gasteiger partial charge on any atom is 0.264 e. The SMILES string of the molecule is CC(N)CCNCCCCNC(=O)C(F)C(=O)NCCCCCCCCN=C(N)N. The Morgan fingerprint density at radius 2 is 1.33 bits per heavy atom. The van der Waals surface area contributed by atoms with Gasteiger partial charge in [0, 0.05) is 25.7 Å². The Morgan fingerprint density at radius 3 is 1.90 bits per heavy atom. The van der Waals surface area contributed by atoms with Crippen molar-refractivity contribution < 1.29 is 14.0 Å². The minimum atomic E-state index is -2.16. The highest BCUT2D eigenvalue weighted by Gasteiger charge is 2.24. The second kappa shape index (κ2) is 19.0. The fraction of sp³-hybridized carbons (Fsp3) is 0.850. The van der Waals surface area contributed by atoms with Crippen LogP contribution in [0.1, 0.15) is 64.7 Å². The lowest BCUT2D eigenvalue weighted by Gasteiger charge is -2.11. The first-order chi connectivity index (χ1) is 14.3. The molecule has 176 valence electrons. The highest BCUT2D eigenvalue weighted by atomic mass is 19.1. The Bertz CT molecular complexity index is 486. The van der Waals surface area contributed by atoms with Gasteiger partial charge in [0.25, 0.3) is 18.0 Å². The van der Waals surface area contributed by atoms with Crippen LogP contribution in [0.4, 0.5) is 4.39 Å². The maximum atomic E-state index is 13.9. The van der Waals surface area contributed by atoms with Gasteiger partial charge in [0.1, 0.15) is 0 Å². The molecule has 10 heteroatoms. The molecule has 9 nitrogen and oxygen atoms in total. The van der Waals surface area contributed by atoms with Crippen molar-refractivity contribution in [2.45, 2.75) is 76.9 Å². The Balaban J connectivity index is 3.57. The topological polar surface area (TPSA) is 161 Å². The molecule has 2 atom stereocenters. The smallest absolute Gasteiger partial charge is 0.264 e. The van der Waals surface area contributed by atoms with Gasteiger partial charge in [0.15, 0.2) is 5.96 Å². The van der Waals surface area contributed by atoms with Gasteiger partial charge in [-0.2, -0.15) is 0 Å². The molecule has 0 saturated heterocycles. The first-order valence-corrected chi connectivity index (χ1v) is 11.1. The van der Waals surface area contributed by atoms with Crippen LogP contribution in [0.3, 0.4) is 0 Å². The summed E-state index contributed by atoms with van der Waals surface area (Å²) < 4.78 is 13.9. The third kappa shape index (κ3) is 18.1. The van der Waals surface area contributed by atoms with Gasteiger partial charge >= 0.3 is 0 Å². The molecule has 2 amide bonds. The Morgan fingerprint density at radius 1 is 0.833 bits per heavy atom. The van der Waals surface area contributed by atoms with Crippen molar-refractivity contribution in [2.24, 2.45) is 22.2 Å². The van der Waals surface area contributed by atoms with E-state index in [2.05, 4.69) is 20.9 Å². The van der Waals surface area contributed by atoms with Crippen molar-refractivity contribution in [1.29, 1.82) is 0 Å². The van der Waals surface area contributed by atoms with Crippen LogP contribution >= 0.6 is 0 Å². The molecule has 30 heavy (non-hydrogen) atoms. The number of nitrogens with two attached hydrogens (primary N) is 3. The van der Waals surface area contributed by atoms with E-state index in [0.717, 1.165) is 70.9 Å². The van der Waals surface area contributed by atoms with Crippen LogP contribution in [0.5, 0.6) is 0 Å². The number of hydrogen-bond acceptors (Lipinski definition) is 5. The number of nitrogens with one attached hydrogen (secondary N) is 3. The number of carbonyl (C=O) groups excluding carboxylic acids is 2. The lowest BCUT2D eigenvalue weighted by molar-refractivity contribution is -0.136. The van der Waals surface area contributed by atoms with Gasteiger partial charge in [-0.15, -0.1) is 0 Å². The van der Waals surface area contributed by atoms with Crippen molar-refractivity contribution in [3.63, 3.8) is 0 Å². The standard InChI is InChI=1S/C20H42FN7O2/c1-16(22)10-15-25-11-8-9-13-27-19(30)17(21)18(29)26-12-6-4-2-3-5-7-14-28-20(23)24/h16-17,25H,2-15,22H2,1H3,(H,26,29)(H,27,30)(H4,23,24,28). The van der Waals surface area contributed by atoms with E-state index in [9.17, 15) is 14.0 Å². The number of guanidine groups is 1. The fourth-order valence-electron chi connectivity index (χ4n) is 2.70. The van der Waals surface area contributed by atoms with Crippen LogP contribution in [0.2, 0.25) is 0 Å². The van der Waals surface area contributed by atoms with E-state index in [1.54, 1.807) is 0 Å². The first kappa shape index (κ1) is 28.1. The third-order valence-corrected chi connectivity index (χ3v) is 4.49. The Kier molecular flexibility index (Phi) is 17.8. The summed E-state index contributed by atoms with van der Waals surface area (Å²) in [6, 6.07) is 0.178. The van der Waals surface area contributed by atoms with Crippen molar-refractivity contribution >= 4 is 17.8 Å². The summed E-state index contributed by atoms with van der Waals surface area (Å²) in [6.07, 6.45) is 6.08. The van der Waals surface area contributed by atoms with Gasteiger partial charge in [-0.25, -0.2) is 4.39 Å². The van der Waals surface area contributed by atoms with Crippen molar-refractivity contribution in [2.75, 3.05) is 32.7 Å². The summed E-state index contributed by atoms with van der Waals surface area (Å²) in [5.41, 5.74) is 16.1. The number of rotatable bonds is 19. The average Bonchev–Trinajstić information content (AvgIpc) is 2.69. The van der Waals surface area contributed by atoms with Gasteiger partial charge in [0.2, 0.25) is 0 Å². The average molecular weight is 432 g/mol. The van der Waals surface area contributed by atoms with E-state index in [1.165, 1.54) is 0 Å². The van der Waals surface area contributed by atoms with Crippen LogP contribution < -0.4 is 33.2 Å². The van der Waals surface area contributed by atoms with Crippen LogP contribution in [0.15, 0.2) is 4.99 Å². The summed E-state index contributed by atoms with van der Waals surface area (Å²) in [5.74, 6) is -1.63. The zero-order valence-corrected chi connectivity index (χ0v) is 18.4. The predicted molar refractivity (Wildman–Crippen MR) is 120 cm³/mol. The van der Waals surface area contributed by atoms with Crippen LogP contribution in [0, 0.1) is 0 Å². The number of amides is 2. The van der Waals surface area contributed by atoms with E-state index in [-0.39, 0.29) is 12.0 Å². The Labute approximate surface area is 180 Å². The molecule has 0 rings (SSSR count). The molecule has 0 aromatic carbocycles. The lowest BCUT2D eigenvalue weighted by Crippen LogP contribution is -2.43. The molecule has 2 unspecified atom stereocenters. The van der Waals surface area contributed by atoms with E-state index in [4.69, 9.17) is 17.2 Å². The van der Waals surface area contributed by atoms with Gasteiger partial charge in [-0.3, -0.25) is 14.6 Å². The molecule has 0 heterocycles. The number of halogens is 1. The highest BCUT2D eigenvalue weighted by Crippen LogP contribution is 2.05. The summed E-state index contributed by atoms with van der Waals surface area (Å²) in [5, 5.41) is 8.20. The van der Waals surface area contributed by atoms with Crippen molar-refractivity contribution in [3.05, 3.63) is 0 Å². The molecule has 0 aliphatic carbocycles. The van der Waals surface area contributed by atoms with E-state index in [0.29, 0.717) is 19.6 Å². The van der Waals surface area contributed by atoms with Crippen LogP contribution in [-0.2, 0) is 9.59 Å². The normalized spacial score (nSPS) is 12.8. The van der Waals surface area contributed by atoms with Gasteiger partial charge < -0.3 is 33.2 Å². The van der Waals surface area contributed by atoms with E-state index < -0.39 is 18.0 Å². The number of nitrogens with zero attached hydrogens (tertiary/aromatic N) is 1. The Hall–Kier alpha value is -1.94. The van der Waals surface area contributed by atoms with Crippen molar-refractivity contribution in [3.8, 4) is 0 Å². The second-order valence-corrected chi connectivity index (χ2v) is 7.60. The molecular formula is C20H42FN7O2. The predicted octanol–water partition coefficient (Wildman–Crippen LogP) is 0.278. The molecule has 0 aromatic heterocycles. The molecule has 0 aliphatic rings. The molecule has 0 fully saturated rings. The van der Waals surface area contributed by atoms with E-state index >= 15 is 0 Å². The molecule has 9 N–H and O–H groups in total. The van der Waals surface area contributed by atoms with Crippen LogP contribution in [-0.4, -0.2) is 62.7 Å². The number of alkyl halides is 1. The number of hydrogen-bond donors (Lipinski definition) is 6. The third-order valence-electron chi connectivity index (χ3n) is 4.49. The van der Waals surface area contributed by atoms with Crippen LogP contribution in [0.25, 0.3) is 0 Å². The largest absolute Gasteiger partial charge is 0.370 e. The minimum Gasteiger partial charge on any atom is -0.370 e. The molecular weight excluding hydrogens is 389 g/mol. The van der Waals surface area contributed by atoms with Gasteiger partial charge in [0.05, 0.1) is 0 Å². The zero-order chi connectivity index (χ0) is 22.6. The van der Waals surface area contributed by atoms with Crippen molar-refractivity contribution in [1.82, 2.24) is 16.0 Å². The van der Waals surface area contributed by atoms with Gasteiger partial charge in [-0.1, -0.05) is 25.7 Å². The molecule has 0 aliphatic heterocycles. The number of carbonyl (C=O) groups is 2. The fourth-order valence-corrected chi connectivity index (χ4v) is 2.70. The molecule has 0 radical (unpaired) electrons. The molecule has 0 bridgehead atoms. The number of aliphatic imine (C=N–C) groups is 1. The molecule has 0 saturated carbocycles. The summed E-state index contributed by atoms with van der Waals surface area (Å²) in [6.45, 7) is 5.00. The van der Waals surface area contributed by atoms with E-state index in [1.807, 2.05) is 6.92 Å². The molecule has 0 spiro atoms. The zero-order valence-electron chi connectivity index (χ0n) is 18.4. The second-order valence-electron chi connectivity index (χ2n) is 7.60. The lowest BCUT2D eigenvalue weighted by atomic mass is 10.1. The van der Waals surface area contributed by atoms with Gasteiger partial charge in [-0.05, 0) is 52.1 Å². The quantitative estimate of drug-likeness (QED) is 0.0745. The summed E-state index contributed by atoms with van der Waals surface area (Å²) >= 11 is 0. The maximum absolute atomic E-state index is 13.9.